The molecule has 20 heavy (non-hydrogen) atoms. The van der Waals surface area contributed by atoms with E-state index >= 15 is 0 Å². The second-order valence-corrected chi connectivity index (χ2v) is 5.49. The number of likely N-dealkylation sites (tertiary alicyclic amines) is 1. The van der Waals surface area contributed by atoms with Crippen LogP contribution in [0.3, 0.4) is 0 Å². The maximum absolute atomic E-state index is 12.5. The normalized spacial score (nSPS) is 18.4. The Morgan fingerprint density at radius 1 is 1.50 bits per heavy atom. The summed E-state index contributed by atoms with van der Waals surface area (Å²) in [5.41, 5.74) is 0.726. The monoisotopic (exact) mass is 336 g/mol. The van der Waals surface area contributed by atoms with Gasteiger partial charge >= 0.3 is 0 Å². The van der Waals surface area contributed by atoms with Crippen LogP contribution in [0.1, 0.15) is 23.3 Å². The molecule has 1 aliphatic heterocycles. The Labute approximate surface area is 134 Å². The van der Waals surface area contributed by atoms with Gasteiger partial charge in [-0.15, -0.1) is 36.2 Å². The Balaban J connectivity index is 0.000001000. The quantitative estimate of drug-likeness (QED) is 0.913. The highest BCUT2D eigenvalue weighted by molar-refractivity contribution is 7.15. The number of nitrogens with one attached hydrogen (secondary N) is 1. The van der Waals surface area contributed by atoms with E-state index in [1.165, 1.54) is 0 Å². The fourth-order valence-electron chi connectivity index (χ4n) is 2.44. The molecule has 3 heterocycles. The third kappa shape index (κ3) is 3.09. The number of fused-ring (bicyclic) bond motifs is 1. The fourth-order valence-corrected chi connectivity index (χ4v) is 3.26. The lowest BCUT2D eigenvalue weighted by Crippen LogP contribution is -2.47. The summed E-state index contributed by atoms with van der Waals surface area (Å²) in [4.78, 5) is 19.5. The van der Waals surface area contributed by atoms with Crippen LogP contribution in [0, 0.1) is 0 Å². The predicted octanol–water partition coefficient (Wildman–Crippen LogP) is 2.06. The van der Waals surface area contributed by atoms with Crippen molar-refractivity contribution in [1.29, 1.82) is 0 Å². The molecule has 0 radical (unpaired) electrons. The van der Waals surface area contributed by atoms with Crippen molar-refractivity contribution in [2.45, 2.75) is 18.9 Å². The number of thiazole rings is 1. The molecule has 5 nitrogen and oxygen atoms in total. The Morgan fingerprint density at radius 2 is 2.30 bits per heavy atom. The average Bonchev–Trinajstić information content (AvgIpc) is 3.00. The smallest absolute Gasteiger partial charge is 0.271 e. The number of aromatic nitrogens is 2. The Bertz CT molecular complexity index is 571. The van der Waals surface area contributed by atoms with Crippen molar-refractivity contribution in [3.63, 3.8) is 0 Å². The first-order chi connectivity index (χ1) is 8.79. The Kier molecular flexibility index (Phi) is 6.26. The number of piperidine rings is 1. The molecule has 112 valence electrons. The molecular weight excluding hydrogens is 319 g/mol. The number of hydrogen-bond acceptors (Lipinski definition) is 4. The number of hydrogen-bond donors (Lipinski definition) is 1. The summed E-state index contributed by atoms with van der Waals surface area (Å²) in [6.45, 7) is 1.64. The number of nitrogens with zero attached hydrogens (tertiary/aromatic N) is 3. The summed E-state index contributed by atoms with van der Waals surface area (Å²) in [5, 5.41) is 5.17. The highest BCUT2D eigenvalue weighted by Gasteiger charge is 2.25. The number of likely N-dealkylation sites (N-methyl/N-ethyl adjacent to an activating group) is 1. The molecule has 1 fully saturated rings. The molecule has 0 saturated carbocycles. The lowest BCUT2D eigenvalue weighted by molar-refractivity contribution is 0.0691. The van der Waals surface area contributed by atoms with E-state index in [1.807, 2.05) is 21.7 Å². The van der Waals surface area contributed by atoms with Gasteiger partial charge in [0, 0.05) is 24.5 Å². The first-order valence-corrected chi connectivity index (χ1v) is 7.03. The topological polar surface area (TPSA) is 49.6 Å². The van der Waals surface area contributed by atoms with Gasteiger partial charge in [-0.25, -0.2) is 4.98 Å². The van der Waals surface area contributed by atoms with Crippen LogP contribution in [0.15, 0.2) is 17.9 Å². The molecular formula is C12H18Cl2N4OS. The van der Waals surface area contributed by atoms with Crippen LogP contribution in [0.5, 0.6) is 0 Å². The highest BCUT2D eigenvalue weighted by Crippen LogP contribution is 2.19. The van der Waals surface area contributed by atoms with Gasteiger partial charge in [-0.3, -0.25) is 9.20 Å². The minimum atomic E-state index is 0. The van der Waals surface area contributed by atoms with Crippen LogP contribution in [-0.2, 0) is 0 Å². The van der Waals surface area contributed by atoms with Crippen LogP contribution in [-0.4, -0.2) is 46.4 Å². The number of amides is 1. The molecule has 0 bridgehead atoms. The van der Waals surface area contributed by atoms with Crippen molar-refractivity contribution >= 4 is 46.9 Å². The maximum Gasteiger partial charge on any atom is 0.271 e. The minimum absolute atomic E-state index is 0. The number of carbonyl (C=O) groups excluding carboxylic acids is 1. The van der Waals surface area contributed by atoms with E-state index in [-0.39, 0.29) is 30.7 Å². The van der Waals surface area contributed by atoms with Gasteiger partial charge in [0.25, 0.3) is 5.91 Å². The van der Waals surface area contributed by atoms with E-state index in [4.69, 9.17) is 0 Å². The number of carbonyl (C=O) groups is 1. The summed E-state index contributed by atoms with van der Waals surface area (Å²) >= 11 is 1.56. The molecule has 1 amide bonds. The third-order valence-electron chi connectivity index (χ3n) is 3.49. The van der Waals surface area contributed by atoms with Crippen molar-refractivity contribution in [3.8, 4) is 0 Å². The number of imidazole rings is 1. The van der Waals surface area contributed by atoms with E-state index in [0.717, 1.165) is 36.5 Å². The van der Waals surface area contributed by atoms with E-state index in [0.29, 0.717) is 6.04 Å². The van der Waals surface area contributed by atoms with Crippen molar-refractivity contribution in [1.82, 2.24) is 19.6 Å². The predicted molar refractivity (Wildman–Crippen MR) is 85.6 cm³/mol. The molecule has 3 rings (SSSR count). The molecule has 1 atom stereocenters. The Hall–Kier alpha value is -0.820. The van der Waals surface area contributed by atoms with Crippen LogP contribution >= 0.6 is 36.2 Å². The lowest BCUT2D eigenvalue weighted by atomic mass is 10.1. The number of rotatable bonds is 2. The lowest BCUT2D eigenvalue weighted by Gasteiger charge is -2.32. The molecule has 2 aromatic rings. The SMILES string of the molecule is CNC1CCCN(C(=O)c2csc3cncn23)C1.Cl.Cl. The van der Waals surface area contributed by atoms with Gasteiger partial charge in [0.1, 0.15) is 16.9 Å². The zero-order chi connectivity index (χ0) is 12.5. The highest BCUT2D eigenvalue weighted by atomic mass is 35.5. The summed E-state index contributed by atoms with van der Waals surface area (Å²) < 4.78 is 1.87. The first kappa shape index (κ1) is 17.2. The summed E-state index contributed by atoms with van der Waals surface area (Å²) in [6.07, 6.45) is 5.70. The minimum Gasteiger partial charge on any atom is -0.336 e. The second-order valence-electron chi connectivity index (χ2n) is 4.60. The molecule has 8 heteroatoms. The second kappa shape index (κ2) is 7.26. The van der Waals surface area contributed by atoms with Crippen molar-refractivity contribution in [3.05, 3.63) is 23.6 Å². The van der Waals surface area contributed by atoms with Gasteiger partial charge < -0.3 is 10.2 Å². The standard InChI is InChI=1S/C12H16N4OS.2ClH/c1-13-9-3-2-4-15(6-9)12(17)10-7-18-11-5-14-8-16(10)11;;/h5,7-9,13H,2-4,6H2,1H3;2*1H. The van der Waals surface area contributed by atoms with Gasteiger partial charge in [0.2, 0.25) is 0 Å². The molecule has 1 N–H and O–H groups in total. The molecule has 0 spiro atoms. The molecule has 1 unspecified atom stereocenters. The van der Waals surface area contributed by atoms with Crippen molar-refractivity contribution < 1.29 is 4.79 Å². The number of halogens is 2. The summed E-state index contributed by atoms with van der Waals surface area (Å²) in [7, 11) is 1.96. The Morgan fingerprint density at radius 3 is 3.05 bits per heavy atom. The zero-order valence-corrected chi connectivity index (χ0v) is 13.6. The van der Waals surface area contributed by atoms with Crippen LogP contribution in [0.2, 0.25) is 0 Å². The van der Waals surface area contributed by atoms with Crippen molar-refractivity contribution in [2.24, 2.45) is 0 Å². The van der Waals surface area contributed by atoms with Gasteiger partial charge in [0.05, 0.1) is 6.20 Å². The zero-order valence-electron chi connectivity index (χ0n) is 11.1. The van der Waals surface area contributed by atoms with E-state index in [2.05, 4.69) is 10.3 Å². The molecule has 1 saturated heterocycles. The van der Waals surface area contributed by atoms with Crippen LogP contribution in [0.25, 0.3) is 4.83 Å². The largest absolute Gasteiger partial charge is 0.336 e. The van der Waals surface area contributed by atoms with Gasteiger partial charge in [-0.2, -0.15) is 0 Å². The van der Waals surface area contributed by atoms with Gasteiger partial charge in [-0.05, 0) is 19.9 Å². The van der Waals surface area contributed by atoms with Crippen LogP contribution < -0.4 is 5.32 Å². The van der Waals surface area contributed by atoms with E-state index in [1.54, 1.807) is 23.9 Å². The molecule has 0 aliphatic carbocycles. The average molecular weight is 337 g/mol. The van der Waals surface area contributed by atoms with E-state index in [9.17, 15) is 4.79 Å². The van der Waals surface area contributed by atoms with Gasteiger partial charge in [0.15, 0.2) is 0 Å². The summed E-state index contributed by atoms with van der Waals surface area (Å²) in [5.74, 6) is 0.110. The fraction of sp³-hybridized carbons (Fsp3) is 0.500. The van der Waals surface area contributed by atoms with Crippen molar-refractivity contribution in [2.75, 3.05) is 20.1 Å². The first-order valence-electron chi connectivity index (χ1n) is 6.15. The molecule has 2 aromatic heterocycles. The molecule has 1 aliphatic rings. The van der Waals surface area contributed by atoms with Crippen LogP contribution in [0.4, 0.5) is 0 Å². The summed E-state index contributed by atoms with van der Waals surface area (Å²) in [6, 6.07) is 0.416. The maximum atomic E-state index is 12.5. The van der Waals surface area contributed by atoms with Gasteiger partial charge in [-0.1, -0.05) is 0 Å². The molecule has 0 aromatic carbocycles. The third-order valence-corrected chi connectivity index (χ3v) is 4.38. The van der Waals surface area contributed by atoms with E-state index < -0.39 is 0 Å².